The summed E-state index contributed by atoms with van der Waals surface area (Å²) in [6.07, 6.45) is 0. The third kappa shape index (κ3) is 2.70. The van der Waals surface area contributed by atoms with Gasteiger partial charge in [-0.2, -0.15) is 5.10 Å². The van der Waals surface area contributed by atoms with Crippen molar-refractivity contribution in [3.05, 3.63) is 45.2 Å². The van der Waals surface area contributed by atoms with Crippen molar-refractivity contribution in [3.8, 4) is 5.75 Å². The van der Waals surface area contributed by atoms with E-state index in [-0.39, 0.29) is 12.2 Å². The van der Waals surface area contributed by atoms with E-state index in [0.29, 0.717) is 5.75 Å². The number of para-hydroxylation sites is 1. The molecule has 1 heterocycles. The van der Waals surface area contributed by atoms with Crippen LogP contribution in [0.1, 0.15) is 27.3 Å². The van der Waals surface area contributed by atoms with E-state index in [1.165, 1.54) is 6.07 Å². The lowest BCUT2D eigenvalue weighted by atomic mass is 10.1. The molecule has 1 aromatic heterocycles. The number of aryl methyl sites for hydroxylation is 3. The number of carboxylic acids is 1. The zero-order valence-electron chi connectivity index (χ0n) is 11.5. The molecule has 2 aromatic rings. The van der Waals surface area contributed by atoms with Crippen LogP contribution in [0.25, 0.3) is 0 Å². The van der Waals surface area contributed by atoms with E-state index in [4.69, 9.17) is 4.74 Å². The quantitative estimate of drug-likeness (QED) is 0.930. The fraction of sp³-hybridized carbons (Fsp3) is 0.286. The van der Waals surface area contributed by atoms with E-state index in [2.05, 4.69) is 21.0 Å². The van der Waals surface area contributed by atoms with E-state index >= 15 is 0 Å². The van der Waals surface area contributed by atoms with Gasteiger partial charge < -0.3 is 9.84 Å². The number of aromatic nitrogens is 2. The molecule has 0 unspecified atom stereocenters. The first-order chi connectivity index (χ1) is 9.41. The highest BCUT2D eigenvalue weighted by atomic mass is 79.9. The predicted molar refractivity (Wildman–Crippen MR) is 78.1 cm³/mol. The van der Waals surface area contributed by atoms with Gasteiger partial charge in [-0.05, 0) is 41.4 Å². The van der Waals surface area contributed by atoms with E-state index in [0.717, 1.165) is 21.4 Å². The summed E-state index contributed by atoms with van der Waals surface area (Å²) < 4.78 is 8.32. The Bertz CT molecular complexity index is 665. The molecule has 106 valence electrons. The summed E-state index contributed by atoms with van der Waals surface area (Å²) in [6, 6.07) is 5.06. The van der Waals surface area contributed by atoms with E-state index in [1.807, 2.05) is 27.0 Å². The molecule has 0 aliphatic carbocycles. The number of hydrogen-bond acceptors (Lipinski definition) is 3. The van der Waals surface area contributed by atoms with Crippen molar-refractivity contribution in [3.63, 3.8) is 0 Å². The third-order valence-electron chi connectivity index (χ3n) is 3.06. The maximum Gasteiger partial charge on any atom is 0.339 e. The maximum atomic E-state index is 11.2. The monoisotopic (exact) mass is 338 g/mol. The van der Waals surface area contributed by atoms with Gasteiger partial charge in [0.05, 0.1) is 15.9 Å². The molecular formula is C14H15BrN2O3. The second kappa shape index (κ2) is 5.66. The summed E-state index contributed by atoms with van der Waals surface area (Å²) in [6.45, 7) is 3.97. The van der Waals surface area contributed by atoms with Crippen LogP contribution in [0.2, 0.25) is 0 Å². The average molecular weight is 339 g/mol. The van der Waals surface area contributed by atoms with Gasteiger partial charge in [0.1, 0.15) is 17.9 Å². The number of carbonyl (C=O) groups is 1. The number of benzene rings is 1. The standard InChI is InChI=1S/C14H15BrN2O3/c1-8-5-4-6-10(14(18)19)13(8)20-7-11-12(15)9(2)16-17(11)3/h4-6H,7H2,1-3H3,(H,18,19). The molecule has 20 heavy (non-hydrogen) atoms. The summed E-state index contributed by atoms with van der Waals surface area (Å²) in [5.41, 5.74) is 2.69. The van der Waals surface area contributed by atoms with E-state index in [1.54, 1.807) is 10.7 Å². The van der Waals surface area contributed by atoms with Gasteiger partial charge in [-0.15, -0.1) is 0 Å². The van der Waals surface area contributed by atoms with E-state index in [9.17, 15) is 9.90 Å². The molecule has 0 saturated carbocycles. The first kappa shape index (κ1) is 14.6. The zero-order valence-corrected chi connectivity index (χ0v) is 13.1. The van der Waals surface area contributed by atoms with Crippen molar-refractivity contribution < 1.29 is 14.6 Å². The van der Waals surface area contributed by atoms with Crippen LogP contribution in [0.3, 0.4) is 0 Å². The van der Waals surface area contributed by atoms with Gasteiger partial charge in [-0.25, -0.2) is 4.79 Å². The van der Waals surface area contributed by atoms with Gasteiger partial charge in [-0.3, -0.25) is 4.68 Å². The van der Waals surface area contributed by atoms with Crippen LogP contribution in [0.15, 0.2) is 22.7 Å². The van der Waals surface area contributed by atoms with Crippen LogP contribution >= 0.6 is 15.9 Å². The summed E-state index contributed by atoms with van der Waals surface area (Å²) in [5.74, 6) is -0.602. The van der Waals surface area contributed by atoms with Crippen LogP contribution in [-0.4, -0.2) is 20.9 Å². The van der Waals surface area contributed by atoms with Crippen LogP contribution in [-0.2, 0) is 13.7 Å². The summed E-state index contributed by atoms with van der Waals surface area (Å²) in [5, 5.41) is 13.5. The van der Waals surface area contributed by atoms with Crippen molar-refractivity contribution >= 4 is 21.9 Å². The molecule has 1 aromatic carbocycles. The fourth-order valence-corrected chi connectivity index (χ4v) is 2.44. The van der Waals surface area contributed by atoms with E-state index < -0.39 is 5.97 Å². The van der Waals surface area contributed by atoms with Crippen LogP contribution in [0.4, 0.5) is 0 Å². The Kier molecular flexibility index (Phi) is 4.13. The van der Waals surface area contributed by atoms with Crippen molar-refractivity contribution in [1.82, 2.24) is 9.78 Å². The lowest BCUT2D eigenvalue weighted by Gasteiger charge is -2.12. The molecular weight excluding hydrogens is 324 g/mol. The molecule has 0 aliphatic rings. The minimum Gasteiger partial charge on any atom is -0.486 e. The molecule has 0 saturated heterocycles. The number of aromatic carboxylic acids is 1. The van der Waals surface area contributed by atoms with Crippen LogP contribution in [0, 0.1) is 13.8 Å². The molecule has 6 heteroatoms. The predicted octanol–water partition coefficient (Wildman–Crippen LogP) is 3.08. The largest absolute Gasteiger partial charge is 0.486 e. The molecule has 0 fully saturated rings. The Hall–Kier alpha value is -1.82. The van der Waals surface area contributed by atoms with Gasteiger partial charge in [-0.1, -0.05) is 12.1 Å². The molecule has 5 nitrogen and oxygen atoms in total. The number of hydrogen-bond donors (Lipinski definition) is 1. The van der Waals surface area contributed by atoms with Gasteiger partial charge >= 0.3 is 5.97 Å². The maximum absolute atomic E-state index is 11.2. The topological polar surface area (TPSA) is 64.3 Å². The lowest BCUT2D eigenvalue weighted by molar-refractivity contribution is 0.0691. The Morgan fingerprint density at radius 1 is 1.45 bits per heavy atom. The number of nitrogens with zero attached hydrogens (tertiary/aromatic N) is 2. The molecule has 1 N–H and O–H groups in total. The third-order valence-corrected chi connectivity index (χ3v) is 4.09. The normalized spacial score (nSPS) is 10.6. The van der Waals surface area contributed by atoms with Crippen molar-refractivity contribution in [2.75, 3.05) is 0 Å². The van der Waals surface area contributed by atoms with Gasteiger partial charge in [0.15, 0.2) is 0 Å². The Labute approximate surface area is 125 Å². The fourth-order valence-electron chi connectivity index (χ4n) is 1.99. The molecule has 2 rings (SSSR count). The molecule has 0 atom stereocenters. The highest BCUT2D eigenvalue weighted by molar-refractivity contribution is 9.10. The minimum absolute atomic E-state index is 0.167. The Morgan fingerprint density at radius 2 is 2.15 bits per heavy atom. The van der Waals surface area contributed by atoms with Crippen molar-refractivity contribution in [1.29, 1.82) is 0 Å². The van der Waals surface area contributed by atoms with Gasteiger partial charge in [0, 0.05) is 7.05 Å². The number of ether oxygens (including phenoxy) is 1. The summed E-state index contributed by atoms with van der Waals surface area (Å²) >= 11 is 3.46. The van der Waals surface area contributed by atoms with Gasteiger partial charge in [0.2, 0.25) is 0 Å². The molecule has 0 radical (unpaired) electrons. The summed E-state index contributed by atoms with van der Waals surface area (Å²) in [7, 11) is 1.83. The average Bonchev–Trinajstić information content (AvgIpc) is 2.62. The molecule has 0 amide bonds. The molecule has 0 bridgehead atoms. The first-order valence-corrected chi connectivity index (χ1v) is 6.84. The number of halogens is 1. The first-order valence-electron chi connectivity index (χ1n) is 6.05. The van der Waals surface area contributed by atoms with Gasteiger partial charge in [0.25, 0.3) is 0 Å². The SMILES string of the molecule is Cc1cccc(C(=O)O)c1OCc1c(Br)c(C)nn1C. The Balaban J connectivity index is 2.30. The minimum atomic E-state index is -0.996. The lowest BCUT2D eigenvalue weighted by Crippen LogP contribution is -2.08. The van der Waals surface area contributed by atoms with Crippen LogP contribution < -0.4 is 4.74 Å². The van der Waals surface area contributed by atoms with Crippen molar-refractivity contribution in [2.45, 2.75) is 20.5 Å². The zero-order chi connectivity index (χ0) is 14.9. The molecule has 0 aliphatic heterocycles. The van der Waals surface area contributed by atoms with Crippen molar-refractivity contribution in [2.24, 2.45) is 7.05 Å². The second-order valence-corrected chi connectivity index (χ2v) is 5.31. The summed E-state index contributed by atoms with van der Waals surface area (Å²) in [4.78, 5) is 11.2. The van der Waals surface area contributed by atoms with Crippen LogP contribution in [0.5, 0.6) is 5.75 Å². The highest BCUT2D eigenvalue weighted by Crippen LogP contribution is 2.26. The molecule has 0 spiro atoms. The second-order valence-electron chi connectivity index (χ2n) is 4.52. The highest BCUT2D eigenvalue weighted by Gasteiger charge is 2.16. The Morgan fingerprint density at radius 3 is 2.70 bits per heavy atom. The number of rotatable bonds is 4. The number of carboxylic acid groups (broad SMARTS) is 1. The smallest absolute Gasteiger partial charge is 0.339 e.